The SMILES string of the molecule is CCC(=O)Nc1ccc(B2OC(C)(C)C(C)(C)O2)c(C)c1. The molecule has 0 aliphatic carbocycles. The second-order valence-electron chi connectivity index (χ2n) is 6.56. The lowest BCUT2D eigenvalue weighted by Gasteiger charge is -2.32. The molecule has 1 amide bonds. The Bertz CT molecular complexity index is 538. The molecule has 0 spiro atoms. The molecule has 1 aromatic rings. The zero-order valence-corrected chi connectivity index (χ0v) is 13.7. The molecule has 0 aromatic heterocycles. The van der Waals surface area contributed by atoms with Gasteiger partial charge in [-0.1, -0.05) is 13.0 Å². The van der Waals surface area contributed by atoms with E-state index in [2.05, 4.69) is 5.32 Å². The molecular formula is C16H24BNO3. The van der Waals surface area contributed by atoms with Crippen LogP contribution in [0.2, 0.25) is 0 Å². The van der Waals surface area contributed by atoms with Crippen molar-refractivity contribution < 1.29 is 14.1 Å². The molecule has 4 nitrogen and oxygen atoms in total. The quantitative estimate of drug-likeness (QED) is 0.870. The van der Waals surface area contributed by atoms with Gasteiger partial charge in [-0.3, -0.25) is 4.79 Å². The highest BCUT2D eigenvalue weighted by atomic mass is 16.7. The summed E-state index contributed by atoms with van der Waals surface area (Å²) < 4.78 is 12.1. The highest BCUT2D eigenvalue weighted by Gasteiger charge is 2.51. The smallest absolute Gasteiger partial charge is 0.399 e. The number of carbonyl (C=O) groups excluding carboxylic acids is 1. The Morgan fingerprint density at radius 2 is 1.76 bits per heavy atom. The topological polar surface area (TPSA) is 47.6 Å². The minimum atomic E-state index is -0.370. The predicted molar refractivity (Wildman–Crippen MR) is 85.8 cm³/mol. The normalized spacial score (nSPS) is 19.6. The lowest BCUT2D eigenvalue weighted by atomic mass is 9.76. The summed E-state index contributed by atoms with van der Waals surface area (Å²) in [5, 5.41) is 2.86. The molecule has 0 unspecified atom stereocenters. The maximum Gasteiger partial charge on any atom is 0.495 e. The van der Waals surface area contributed by atoms with Crippen LogP contribution in [0.5, 0.6) is 0 Å². The van der Waals surface area contributed by atoms with E-state index in [1.807, 2.05) is 59.7 Å². The van der Waals surface area contributed by atoms with Crippen molar-refractivity contribution in [2.75, 3.05) is 5.32 Å². The lowest BCUT2D eigenvalue weighted by molar-refractivity contribution is -0.115. The summed E-state index contributed by atoms with van der Waals surface area (Å²) >= 11 is 0. The first kappa shape index (κ1) is 16.1. The van der Waals surface area contributed by atoms with Gasteiger partial charge in [0.2, 0.25) is 5.91 Å². The zero-order valence-electron chi connectivity index (χ0n) is 13.7. The van der Waals surface area contributed by atoms with Crippen molar-refractivity contribution in [1.82, 2.24) is 0 Å². The Labute approximate surface area is 127 Å². The van der Waals surface area contributed by atoms with Gasteiger partial charge in [0.05, 0.1) is 11.2 Å². The third kappa shape index (κ3) is 3.14. The molecule has 1 aromatic carbocycles. The summed E-state index contributed by atoms with van der Waals surface area (Å²) in [7, 11) is -0.370. The van der Waals surface area contributed by atoms with Gasteiger partial charge in [-0.2, -0.15) is 0 Å². The summed E-state index contributed by atoms with van der Waals surface area (Å²) in [6.45, 7) is 12.0. The number of hydrogen-bond acceptors (Lipinski definition) is 3. The molecule has 5 heteroatoms. The molecule has 1 aliphatic heterocycles. The maximum absolute atomic E-state index is 11.4. The third-order valence-corrected chi connectivity index (χ3v) is 4.38. The molecule has 1 saturated heterocycles. The third-order valence-electron chi connectivity index (χ3n) is 4.38. The van der Waals surface area contributed by atoms with Crippen molar-refractivity contribution in [1.29, 1.82) is 0 Å². The van der Waals surface area contributed by atoms with Gasteiger partial charge in [0, 0.05) is 12.1 Å². The van der Waals surface area contributed by atoms with Crippen LogP contribution in [0.4, 0.5) is 5.69 Å². The van der Waals surface area contributed by atoms with Gasteiger partial charge in [0.1, 0.15) is 0 Å². The Morgan fingerprint density at radius 3 is 2.24 bits per heavy atom. The Kier molecular flexibility index (Phi) is 4.18. The molecule has 1 N–H and O–H groups in total. The summed E-state index contributed by atoms with van der Waals surface area (Å²) in [4.78, 5) is 11.4. The number of hydrogen-bond donors (Lipinski definition) is 1. The van der Waals surface area contributed by atoms with Crippen LogP contribution < -0.4 is 10.8 Å². The minimum absolute atomic E-state index is 0.0118. The predicted octanol–water partition coefficient (Wildman–Crippen LogP) is 2.64. The van der Waals surface area contributed by atoms with E-state index in [1.54, 1.807) is 0 Å². The van der Waals surface area contributed by atoms with E-state index in [9.17, 15) is 4.79 Å². The summed E-state index contributed by atoms with van der Waals surface area (Å²) in [5.41, 5.74) is 2.16. The summed E-state index contributed by atoms with van der Waals surface area (Å²) in [6.07, 6.45) is 0.470. The van der Waals surface area contributed by atoms with Crippen LogP contribution in [0.25, 0.3) is 0 Å². The monoisotopic (exact) mass is 289 g/mol. The van der Waals surface area contributed by atoms with E-state index in [1.165, 1.54) is 0 Å². The van der Waals surface area contributed by atoms with Gasteiger partial charge in [0.15, 0.2) is 0 Å². The number of nitrogens with one attached hydrogen (secondary N) is 1. The van der Waals surface area contributed by atoms with Crippen molar-refractivity contribution in [2.45, 2.75) is 59.2 Å². The molecule has 114 valence electrons. The van der Waals surface area contributed by atoms with Crippen molar-refractivity contribution in [3.05, 3.63) is 23.8 Å². The number of anilines is 1. The van der Waals surface area contributed by atoms with Gasteiger partial charge in [0.25, 0.3) is 0 Å². The fourth-order valence-corrected chi connectivity index (χ4v) is 2.24. The first-order valence-electron chi connectivity index (χ1n) is 7.42. The summed E-state index contributed by atoms with van der Waals surface area (Å²) in [5.74, 6) is 0.0118. The van der Waals surface area contributed by atoms with Crippen LogP contribution in [-0.2, 0) is 14.1 Å². The Hall–Kier alpha value is -1.33. The molecule has 21 heavy (non-hydrogen) atoms. The average Bonchev–Trinajstić information content (AvgIpc) is 2.58. The van der Waals surface area contributed by atoms with Crippen molar-refractivity contribution in [3.8, 4) is 0 Å². The van der Waals surface area contributed by atoms with Crippen LogP contribution in [-0.4, -0.2) is 24.2 Å². The maximum atomic E-state index is 11.4. The first-order chi connectivity index (χ1) is 9.66. The second kappa shape index (κ2) is 5.46. The van der Waals surface area contributed by atoms with Crippen molar-refractivity contribution >= 4 is 24.2 Å². The number of rotatable bonds is 3. The molecular weight excluding hydrogens is 265 g/mol. The number of amides is 1. The number of benzene rings is 1. The highest BCUT2D eigenvalue weighted by Crippen LogP contribution is 2.36. The van der Waals surface area contributed by atoms with Gasteiger partial charge in [-0.15, -0.1) is 0 Å². The standard InChI is InChI=1S/C16H24BNO3/c1-7-14(19)18-12-8-9-13(11(2)10-12)17-20-15(3,4)16(5,6)21-17/h8-10H,7H2,1-6H3,(H,18,19). The fourth-order valence-electron chi connectivity index (χ4n) is 2.24. The van der Waals surface area contributed by atoms with Crippen LogP contribution in [0.3, 0.4) is 0 Å². The molecule has 0 saturated carbocycles. The number of aryl methyl sites for hydroxylation is 1. The van der Waals surface area contributed by atoms with Crippen molar-refractivity contribution in [2.24, 2.45) is 0 Å². The van der Waals surface area contributed by atoms with E-state index in [4.69, 9.17) is 9.31 Å². The van der Waals surface area contributed by atoms with Crippen LogP contribution in [0.15, 0.2) is 18.2 Å². The van der Waals surface area contributed by atoms with E-state index >= 15 is 0 Å². The van der Waals surface area contributed by atoms with E-state index in [-0.39, 0.29) is 24.2 Å². The molecule has 1 heterocycles. The first-order valence-corrected chi connectivity index (χ1v) is 7.42. The van der Waals surface area contributed by atoms with Crippen LogP contribution >= 0.6 is 0 Å². The zero-order chi connectivity index (χ0) is 15.8. The van der Waals surface area contributed by atoms with Crippen LogP contribution in [0, 0.1) is 6.92 Å². The average molecular weight is 289 g/mol. The molecule has 0 radical (unpaired) electrons. The Balaban J connectivity index is 2.21. The van der Waals surface area contributed by atoms with Gasteiger partial charge in [-0.05, 0) is 57.8 Å². The molecule has 1 fully saturated rings. The van der Waals surface area contributed by atoms with E-state index in [0.29, 0.717) is 6.42 Å². The van der Waals surface area contributed by atoms with Gasteiger partial charge >= 0.3 is 7.12 Å². The van der Waals surface area contributed by atoms with Gasteiger partial charge in [-0.25, -0.2) is 0 Å². The molecule has 2 rings (SSSR count). The lowest BCUT2D eigenvalue weighted by Crippen LogP contribution is -2.41. The van der Waals surface area contributed by atoms with E-state index in [0.717, 1.165) is 16.7 Å². The van der Waals surface area contributed by atoms with Crippen molar-refractivity contribution in [3.63, 3.8) is 0 Å². The van der Waals surface area contributed by atoms with Gasteiger partial charge < -0.3 is 14.6 Å². The fraction of sp³-hybridized carbons (Fsp3) is 0.562. The van der Waals surface area contributed by atoms with E-state index < -0.39 is 0 Å². The molecule has 0 bridgehead atoms. The summed E-state index contributed by atoms with van der Waals surface area (Å²) in [6, 6.07) is 5.80. The molecule has 1 aliphatic rings. The number of carbonyl (C=O) groups is 1. The second-order valence-corrected chi connectivity index (χ2v) is 6.56. The highest BCUT2D eigenvalue weighted by molar-refractivity contribution is 6.62. The largest absolute Gasteiger partial charge is 0.495 e. The Morgan fingerprint density at radius 1 is 1.19 bits per heavy atom. The van der Waals surface area contributed by atoms with Crippen LogP contribution in [0.1, 0.15) is 46.6 Å². The minimum Gasteiger partial charge on any atom is -0.399 e. The molecule has 0 atom stereocenters.